The van der Waals surface area contributed by atoms with Gasteiger partial charge in [-0.3, -0.25) is 0 Å². The van der Waals surface area contributed by atoms with Crippen LogP contribution in [0.2, 0.25) is 0 Å². The minimum absolute atomic E-state index is 0.120. The highest BCUT2D eigenvalue weighted by molar-refractivity contribution is 5.19. The summed E-state index contributed by atoms with van der Waals surface area (Å²) in [5.41, 5.74) is 7.17. The summed E-state index contributed by atoms with van der Waals surface area (Å²) in [6, 6.07) is 9.74. The minimum atomic E-state index is -0.142. The second kappa shape index (κ2) is 6.45. The number of methoxy groups -OCH3 is 1. The van der Waals surface area contributed by atoms with E-state index >= 15 is 0 Å². The van der Waals surface area contributed by atoms with Gasteiger partial charge in [0.15, 0.2) is 0 Å². The Balaban J connectivity index is 2.04. The number of hydrogen-bond acceptors (Lipinski definition) is 5. The van der Waals surface area contributed by atoms with Gasteiger partial charge in [0.1, 0.15) is 6.10 Å². The summed E-state index contributed by atoms with van der Waals surface area (Å²) in [6.45, 7) is 2.01. The molecule has 1 aromatic heterocycles. The van der Waals surface area contributed by atoms with E-state index in [0.29, 0.717) is 18.1 Å². The van der Waals surface area contributed by atoms with E-state index in [-0.39, 0.29) is 12.1 Å². The summed E-state index contributed by atoms with van der Waals surface area (Å²) in [5, 5.41) is 3.94. The van der Waals surface area contributed by atoms with Gasteiger partial charge in [-0.1, -0.05) is 42.4 Å². The van der Waals surface area contributed by atoms with Crippen molar-refractivity contribution < 1.29 is 9.26 Å². The Hall–Kier alpha value is -1.72. The Kier molecular flexibility index (Phi) is 4.65. The molecule has 5 heteroatoms. The van der Waals surface area contributed by atoms with Crippen molar-refractivity contribution in [3.8, 4) is 0 Å². The normalized spacial score (nSPS) is 14.3. The second-order valence-electron chi connectivity index (χ2n) is 4.40. The van der Waals surface area contributed by atoms with Gasteiger partial charge in [-0.15, -0.1) is 0 Å². The van der Waals surface area contributed by atoms with Gasteiger partial charge in [0.05, 0.1) is 0 Å². The quantitative estimate of drug-likeness (QED) is 0.864. The SMILES string of the molecule is CCC(OC)c1noc(CC(N)c2ccccc2)n1. The van der Waals surface area contributed by atoms with Gasteiger partial charge in [0.2, 0.25) is 11.7 Å². The Morgan fingerprint density at radius 2 is 2.05 bits per heavy atom. The fraction of sp³-hybridized carbons (Fsp3) is 0.429. The average molecular weight is 261 g/mol. The molecule has 0 amide bonds. The number of hydrogen-bond donors (Lipinski definition) is 1. The highest BCUT2D eigenvalue weighted by Gasteiger charge is 2.17. The van der Waals surface area contributed by atoms with Crippen molar-refractivity contribution in [1.82, 2.24) is 10.1 Å². The van der Waals surface area contributed by atoms with Gasteiger partial charge >= 0.3 is 0 Å². The first-order chi connectivity index (χ1) is 9.24. The zero-order valence-electron chi connectivity index (χ0n) is 11.2. The van der Waals surface area contributed by atoms with E-state index in [9.17, 15) is 0 Å². The number of aromatic nitrogens is 2. The zero-order chi connectivity index (χ0) is 13.7. The highest BCUT2D eigenvalue weighted by atomic mass is 16.5. The molecule has 102 valence electrons. The maximum absolute atomic E-state index is 6.12. The van der Waals surface area contributed by atoms with E-state index in [1.807, 2.05) is 37.3 Å². The largest absolute Gasteiger partial charge is 0.373 e. The van der Waals surface area contributed by atoms with Gasteiger partial charge in [-0.25, -0.2) is 0 Å². The molecule has 2 N–H and O–H groups in total. The Labute approximate surface area is 112 Å². The standard InChI is InChI=1S/C14H19N3O2/c1-3-12(18-2)14-16-13(19-17-14)9-11(15)10-7-5-4-6-8-10/h4-8,11-12H,3,9,15H2,1-2H3. The lowest BCUT2D eigenvalue weighted by Crippen LogP contribution is -2.13. The van der Waals surface area contributed by atoms with Crippen LogP contribution in [0.4, 0.5) is 0 Å². The van der Waals surface area contributed by atoms with Crippen molar-refractivity contribution in [3.63, 3.8) is 0 Å². The van der Waals surface area contributed by atoms with Gasteiger partial charge in [0.25, 0.3) is 0 Å². The van der Waals surface area contributed by atoms with Crippen LogP contribution in [-0.2, 0) is 11.2 Å². The fourth-order valence-corrected chi connectivity index (χ4v) is 1.94. The summed E-state index contributed by atoms with van der Waals surface area (Å²) in [4.78, 5) is 4.33. The van der Waals surface area contributed by atoms with E-state index in [2.05, 4.69) is 10.1 Å². The molecular weight excluding hydrogens is 242 g/mol. The molecule has 0 aliphatic rings. The number of rotatable bonds is 6. The third kappa shape index (κ3) is 3.39. The average Bonchev–Trinajstić information content (AvgIpc) is 2.89. The van der Waals surface area contributed by atoms with Crippen molar-refractivity contribution in [1.29, 1.82) is 0 Å². The first-order valence-corrected chi connectivity index (χ1v) is 6.40. The van der Waals surface area contributed by atoms with Crippen LogP contribution in [0.5, 0.6) is 0 Å². The van der Waals surface area contributed by atoms with E-state index in [4.69, 9.17) is 15.0 Å². The van der Waals surface area contributed by atoms with Crippen molar-refractivity contribution in [2.24, 2.45) is 5.73 Å². The Bertz CT molecular complexity index is 494. The molecule has 0 saturated heterocycles. The van der Waals surface area contributed by atoms with E-state index in [1.54, 1.807) is 7.11 Å². The van der Waals surface area contributed by atoms with Crippen LogP contribution < -0.4 is 5.73 Å². The zero-order valence-corrected chi connectivity index (χ0v) is 11.2. The molecule has 5 nitrogen and oxygen atoms in total. The molecule has 0 radical (unpaired) electrons. The lowest BCUT2D eigenvalue weighted by molar-refractivity contribution is 0.0903. The van der Waals surface area contributed by atoms with E-state index in [1.165, 1.54) is 0 Å². The molecule has 0 saturated carbocycles. The monoisotopic (exact) mass is 261 g/mol. The molecule has 1 aromatic carbocycles. The molecule has 2 rings (SSSR count). The Morgan fingerprint density at radius 1 is 1.32 bits per heavy atom. The number of nitrogens with two attached hydrogens (primary N) is 1. The van der Waals surface area contributed by atoms with Gasteiger partial charge in [-0.05, 0) is 12.0 Å². The number of benzene rings is 1. The van der Waals surface area contributed by atoms with Crippen LogP contribution in [0.3, 0.4) is 0 Å². The fourth-order valence-electron chi connectivity index (χ4n) is 1.94. The first-order valence-electron chi connectivity index (χ1n) is 6.40. The van der Waals surface area contributed by atoms with Crippen molar-refractivity contribution in [2.45, 2.75) is 31.9 Å². The van der Waals surface area contributed by atoms with Crippen molar-refractivity contribution >= 4 is 0 Å². The van der Waals surface area contributed by atoms with Crippen LogP contribution in [0.1, 0.15) is 42.8 Å². The molecule has 1 heterocycles. The highest BCUT2D eigenvalue weighted by Crippen LogP contribution is 2.19. The Morgan fingerprint density at radius 3 is 2.68 bits per heavy atom. The second-order valence-corrected chi connectivity index (χ2v) is 4.40. The summed E-state index contributed by atoms with van der Waals surface area (Å²) in [7, 11) is 1.64. The third-order valence-corrected chi connectivity index (χ3v) is 3.05. The molecule has 0 spiro atoms. The topological polar surface area (TPSA) is 74.2 Å². The number of ether oxygens (including phenoxy) is 1. The predicted octanol–water partition coefficient (Wildman–Crippen LogP) is 2.41. The van der Waals surface area contributed by atoms with Crippen LogP contribution in [0, 0.1) is 0 Å². The molecule has 2 unspecified atom stereocenters. The summed E-state index contributed by atoms with van der Waals surface area (Å²) >= 11 is 0. The summed E-state index contributed by atoms with van der Waals surface area (Å²) < 4.78 is 10.5. The van der Waals surface area contributed by atoms with Gasteiger partial charge < -0.3 is 15.0 Å². The molecule has 19 heavy (non-hydrogen) atoms. The minimum Gasteiger partial charge on any atom is -0.373 e. The van der Waals surface area contributed by atoms with Crippen LogP contribution in [0.15, 0.2) is 34.9 Å². The van der Waals surface area contributed by atoms with Crippen LogP contribution in [0.25, 0.3) is 0 Å². The van der Waals surface area contributed by atoms with Crippen LogP contribution >= 0.6 is 0 Å². The lowest BCUT2D eigenvalue weighted by Gasteiger charge is -2.08. The molecule has 2 aromatic rings. The molecule has 2 atom stereocenters. The summed E-state index contributed by atoms with van der Waals surface area (Å²) in [6.07, 6.45) is 1.21. The smallest absolute Gasteiger partial charge is 0.228 e. The maximum atomic E-state index is 6.12. The molecule has 0 bridgehead atoms. The first kappa shape index (κ1) is 13.7. The van der Waals surface area contributed by atoms with E-state index in [0.717, 1.165) is 12.0 Å². The number of nitrogens with zero attached hydrogens (tertiary/aromatic N) is 2. The molecule has 0 aliphatic carbocycles. The van der Waals surface area contributed by atoms with E-state index < -0.39 is 0 Å². The maximum Gasteiger partial charge on any atom is 0.228 e. The van der Waals surface area contributed by atoms with Gasteiger partial charge in [-0.2, -0.15) is 4.98 Å². The molecule has 0 fully saturated rings. The van der Waals surface area contributed by atoms with Gasteiger partial charge in [0, 0.05) is 19.6 Å². The molecular formula is C14H19N3O2. The molecule has 0 aliphatic heterocycles. The predicted molar refractivity (Wildman–Crippen MR) is 71.4 cm³/mol. The van der Waals surface area contributed by atoms with Crippen LogP contribution in [-0.4, -0.2) is 17.3 Å². The van der Waals surface area contributed by atoms with Crippen molar-refractivity contribution in [2.75, 3.05) is 7.11 Å². The third-order valence-electron chi connectivity index (χ3n) is 3.05. The lowest BCUT2D eigenvalue weighted by atomic mass is 10.1. The summed E-state index contributed by atoms with van der Waals surface area (Å²) in [5.74, 6) is 1.13. The van der Waals surface area contributed by atoms with Crippen molar-refractivity contribution in [3.05, 3.63) is 47.6 Å².